The zero-order chi connectivity index (χ0) is 11.5. The molecule has 1 saturated heterocycles. The highest BCUT2D eigenvalue weighted by Crippen LogP contribution is 2.37. The SMILES string of the molecule is Cc1ccc([C@H]2CCCN2[C@@H](C)CC#N)s1. The van der Waals surface area contributed by atoms with Crippen LogP contribution in [0.3, 0.4) is 0 Å². The molecule has 2 atom stereocenters. The predicted octanol–water partition coefficient (Wildman–Crippen LogP) is 3.50. The van der Waals surface area contributed by atoms with E-state index < -0.39 is 0 Å². The van der Waals surface area contributed by atoms with Gasteiger partial charge in [-0.1, -0.05) is 0 Å². The summed E-state index contributed by atoms with van der Waals surface area (Å²) < 4.78 is 0. The van der Waals surface area contributed by atoms with Crippen molar-refractivity contribution in [3.8, 4) is 6.07 Å². The van der Waals surface area contributed by atoms with Gasteiger partial charge in [-0.3, -0.25) is 4.90 Å². The van der Waals surface area contributed by atoms with Crippen LogP contribution in [0.1, 0.15) is 42.0 Å². The van der Waals surface area contributed by atoms with Crippen LogP contribution in [0, 0.1) is 18.3 Å². The summed E-state index contributed by atoms with van der Waals surface area (Å²) in [4.78, 5) is 5.35. The standard InChI is InChI=1S/C13H18N2S/c1-10(7-8-14)15-9-3-4-12(15)13-6-5-11(2)16-13/h5-6,10,12H,3-4,7,9H2,1-2H3/t10-,12+/m0/s1. The van der Waals surface area contributed by atoms with Crippen LogP contribution in [-0.2, 0) is 0 Å². The van der Waals surface area contributed by atoms with E-state index in [1.54, 1.807) is 0 Å². The molecule has 0 aliphatic carbocycles. The van der Waals surface area contributed by atoms with Crippen LogP contribution in [0.5, 0.6) is 0 Å². The molecule has 2 nitrogen and oxygen atoms in total. The molecular formula is C13H18N2S. The van der Waals surface area contributed by atoms with E-state index in [2.05, 4.69) is 36.9 Å². The second kappa shape index (κ2) is 4.99. The minimum atomic E-state index is 0.389. The molecule has 1 aromatic rings. The Bertz CT molecular complexity index is 391. The van der Waals surface area contributed by atoms with Crippen molar-refractivity contribution in [3.63, 3.8) is 0 Å². The second-order valence-electron chi connectivity index (χ2n) is 4.56. The summed E-state index contributed by atoms with van der Waals surface area (Å²) in [5.74, 6) is 0. The molecule has 0 bridgehead atoms. The van der Waals surface area contributed by atoms with Gasteiger partial charge in [-0.2, -0.15) is 5.26 Å². The van der Waals surface area contributed by atoms with E-state index in [0.29, 0.717) is 18.5 Å². The van der Waals surface area contributed by atoms with Crippen molar-refractivity contribution in [2.45, 2.75) is 45.2 Å². The maximum absolute atomic E-state index is 8.78. The highest BCUT2D eigenvalue weighted by atomic mass is 32.1. The molecule has 1 aliphatic rings. The maximum atomic E-state index is 8.78. The molecule has 16 heavy (non-hydrogen) atoms. The predicted molar refractivity (Wildman–Crippen MR) is 67.4 cm³/mol. The first kappa shape index (κ1) is 11.6. The van der Waals surface area contributed by atoms with Crippen LogP contribution in [0.15, 0.2) is 12.1 Å². The molecular weight excluding hydrogens is 216 g/mol. The van der Waals surface area contributed by atoms with Crippen LogP contribution in [-0.4, -0.2) is 17.5 Å². The van der Waals surface area contributed by atoms with Gasteiger partial charge in [-0.25, -0.2) is 0 Å². The van der Waals surface area contributed by atoms with Crippen molar-refractivity contribution >= 4 is 11.3 Å². The van der Waals surface area contributed by atoms with E-state index in [9.17, 15) is 0 Å². The number of nitrogens with zero attached hydrogens (tertiary/aromatic N) is 2. The third-order valence-electron chi connectivity index (χ3n) is 3.34. The maximum Gasteiger partial charge on any atom is 0.0638 e. The zero-order valence-corrected chi connectivity index (χ0v) is 10.8. The second-order valence-corrected chi connectivity index (χ2v) is 5.88. The third kappa shape index (κ3) is 2.28. The third-order valence-corrected chi connectivity index (χ3v) is 4.44. The molecule has 1 fully saturated rings. The monoisotopic (exact) mass is 234 g/mol. The van der Waals surface area contributed by atoms with Crippen molar-refractivity contribution in [2.24, 2.45) is 0 Å². The fraction of sp³-hybridized carbons (Fsp3) is 0.615. The molecule has 0 radical (unpaired) electrons. The van der Waals surface area contributed by atoms with Crippen LogP contribution < -0.4 is 0 Å². The molecule has 0 unspecified atom stereocenters. The smallest absolute Gasteiger partial charge is 0.0638 e. The molecule has 0 N–H and O–H groups in total. The van der Waals surface area contributed by atoms with Crippen LogP contribution in [0.2, 0.25) is 0 Å². The average molecular weight is 234 g/mol. The van der Waals surface area contributed by atoms with E-state index >= 15 is 0 Å². The summed E-state index contributed by atoms with van der Waals surface area (Å²) >= 11 is 1.90. The lowest BCUT2D eigenvalue weighted by molar-refractivity contribution is 0.197. The molecule has 2 heterocycles. The molecule has 3 heteroatoms. The van der Waals surface area contributed by atoms with Crippen molar-refractivity contribution in [3.05, 3.63) is 21.9 Å². The van der Waals surface area contributed by atoms with Gasteiger partial charge in [0.05, 0.1) is 12.5 Å². The van der Waals surface area contributed by atoms with E-state index in [1.165, 1.54) is 22.6 Å². The minimum absolute atomic E-state index is 0.389. The van der Waals surface area contributed by atoms with Gasteiger partial charge in [0.2, 0.25) is 0 Å². The van der Waals surface area contributed by atoms with E-state index in [1.807, 2.05) is 11.3 Å². The number of hydrogen-bond donors (Lipinski definition) is 0. The van der Waals surface area contributed by atoms with Gasteiger partial charge in [0.15, 0.2) is 0 Å². The summed E-state index contributed by atoms with van der Waals surface area (Å²) in [6.07, 6.45) is 3.15. The largest absolute Gasteiger partial charge is 0.292 e. The van der Waals surface area contributed by atoms with Crippen molar-refractivity contribution in [2.75, 3.05) is 6.54 Å². The summed E-state index contributed by atoms with van der Waals surface area (Å²) in [5.41, 5.74) is 0. The number of thiophene rings is 1. The topological polar surface area (TPSA) is 27.0 Å². The molecule has 2 rings (SSSR count). The first-order valence-electron chi connectivity index (χ1n) is 5.91. The molecule has 1 aliphatic heterocycles. The Morgan fingerprint density at radius 2 is 2.44 bits per heavy atom. The summed E-state index contributed by atoms with van der Waals surface area (Å²) in [6.45, 7) is 5.47. The highest BCUT2D eigenvalue weighted by molar-refractivity contribution is 7.12. The Labute approximate surface area is 102 Å². The van der Waals surface area contributed by atoms with Crippen LogP contribution in [0.25, 0.3) is 0 Å². The van der Waals surface area contributed by atoms with Crippen LogP contribution in [0.4, 0.5) is 0 Å². The van der Waals surface area contributed by atoms with Gasteiger partial charge in [0, 0.05) is 21.8 Å². The number of aryl methyl sites for hydroxylation is 1. The van der Waals surface area contributed by atoms with E-state index in [0.717, 1.165) is 6.54 Å². The molecule has 0 aromatic carbocycles. The molecule has 0 spiro atoms. The van der Waals surface area contributed by atoms with Gasteiger partial charge in [-0.15, -0.1) is 11.3 Å². The van der Waals surface area contributed by atoms with Crippen molar-refractivity contribution in [1.82, 2.24) is 4.90 Å². The number of rotatable bonds is 3. The molecule has 0 amide bonds. The van der Waals surface area contributed by atoms with Crippen molar-refractivity contribution in [1.29, 1.82) is 5.26 Å². The molecule has 0 saturated carbocycles. The zero-order valence-electron chi connectivity index (χ0n) is 9.94. The van der Waals surface area contributed by atoms with Gasteiger partial charge >= 0.3 is 0 Å². The highest BCUT2D eigenvalue weighted by Gasteiger charge is 2.30. The Hall–Kier alpha value is -0.850. The van der Waals surface area contributed by atoms with E-state index in [-0.39, 0.29) is 0 Å². The fourth-order valence-corrected chi connectivity index (χ4v) is 3.54. The lowest BCUT2D eigenvalue weighted by Crippen LogP contribution is -2.31. The first-order valence-corrected chi connectivity index (χ1v) is 6.73. The quantitative estimate of drug-likeness (QED) is 0.800. The minimum Gasteiger partial charge on any atom is -0.292 e. The summed E-state index contributed by atoms with van der Waals surface area (Å²) in [6, 6.07) is 7.68. The normalized spacial score (nSPS) is 23.2. The number of likely N-dealkylation sites (tertiary alicyclic amines) is 1. The number of hydrogen-bond acceptors (Lipinski definition) is 3. The van der Waals surface area contributed by atoms with Gasteiger partial charge in [0.1, 0.15) is 0 Å². The van der Waals surface area contributed by atoms with Gasteiger partial charge in [-0.05, 0) is 45.4 Å². The summed E-state index contributed by atoms with van der Waals surface area (Å²) in [7, 11) is 0. The van der Waals surface area contributed by atoms with Gasteiger partial charge in [0.25, 0.3) is 0 Å². The van der Waals surface area contributed by atoms with E-state index in [4.69, 9.17) is 5.26 Å². The van der Waals surface area contributed by atoms with Gasteiger partial charge < -0.3 is 0 Å². The lowest BCUT2D eigenvalue weighted by Gasteiger charge is -2.28. The summed E-state index contributed by atoms with van der Waals surface area (Å²) in [5, 5.41) is 8.78. The Kier molecular flexibility index (Phi) is 3.63. The van der Waals surface area contributed by atoms with Crippen molar-refractivity contribution < 1.29 is 0 Å². The Balaban J connectivity index is 2.12. The Morgan fingerprint density at radius 1 is 1.62 bits per heavy atom. The first-order chi connectivity index (χ1) is 7.72. The average Bonchev–Trinajstić information content (AvgIpc) is 2.85. The van der Waals surface area contributed by atoms with Crippen LogP contribution >= 0.6 is 11.3 Å². The fourth-order valence-electron chi connectivity index (χ4n) is 2.50. The number of nitriles is 1. The Morgan fingerprint density at radius 3 is 3.06 bits per heavy atom. The molecule has 86 valence electrons. The molecule has 1 aromatic heterocycles. The lowest BCUT2D eigenvalue weighted by atomic mass is 10.1.